The Bertz CT molecular complexity index is 79.2. The van der Waals surface area contributed by atoms with Gasteiger partial charge in [0.25, 0.3) is 0 Å². The minimum absolute atomic E-state index is 0. The van der Waals surface area contributed by atoms with Gasteiger partial charge in [0.15, 0.2) is 0 Å². The fourth-order valence-electron chi connectivity index (χ4n) is 0. The molecule has 4 heavy (non-hydrogen) atoms. The number of hydrogen-bond donors (Lipinski definition) is 0. The molecular formula is B2MoZr. The topological polar surface area (TPSA) is 0 Å². The Balaban J connectivity index is 0. The number of rotatable bonds is 0. The van der Waals surface area contributed by atoms with Crippen molar-refractivity contribution in [1.82, 2.24) is 0 Å². The van der Waals surface area contributed by atoms with Crippen LogP contribution in [0.4, 0.5) is 0 Å². The largest absolute Gasteiger partial charge is 0 e. The van der Waals surface area contributed by atoms with Crippen molar-refractivity contribution in [2.45, 2.75) is 0 Å². The van der Waals surface area contributed by atoms with E-state index >= 15 is 0 Å². The van der Waals surface area contributed by atoms with Crippen molar-refractivity contribution >= 4 is 9.45 Å². The van der Waals surface area contributed by atoms with Gasteiger partial charge in [-0.15, -0.1) is 0 Å². The third kappa shape index (κ3) is 9.33. The van der Waals surface area contributed by atoms with E-state index in [1.807, 2.05) is 0 Å². The van der Waals surface area contributed by atoms with E-state index in [0.29, 0.717) is 0 Å². The van der Waals surface area contributed by atoms with Gasteiger partial charge in [0.1, 0.15) is 0 Å². The summed E-state index contributed by atoms with van der Waals surface area (Å²) in [7, 11) is 0. The average molecular weight is 209 g/mol. The van der Waals surface area contributed by atoms with E-state index in [9.17, 15) is 0 Å². The maximum Gasteiger partial charge on any atom is 0 e. The molecule has 0 unspecified atom stereocenters. The van der Waals surface area contributed by atoms with Crippen molar-refractivity contribution in [3.8, 4) is 0 Å². The molecule has 0 aromatic heterocycles. The zero-order chi connectivity index (χ0) is 2.71. The molecule has 4 heteroatoms. The first-order valence-electron chi connectivity index (χ1n) is 0.577. The van der Waals surface area contributed by atoms with Gasteiger partial charge in [-0.1, -0.05) is 0 Å². The first-order valence-corrected chi connectivity index (χ1v) is 3.42. The maximum absolute atomic E-state index is 4.80. The number of hydrogen-bond acceptors (Lipinski definition) is 0. The van der Waals surface area contributed by atoms with Crippen molar-refractivity contribution in [2.24, 2.45) is 0 Å². The third-order valence-corrected chi connectivity index (χ3v) is 0. The first kappa shape index (κ1) is 9.20. The van der Waals surface area contributed by atoms with E-state index in [4.69, 9.17) is 9.45 Å². The molecule has 0 heterocycles. The predicted molar refractivity (Wildman–Crippen MR) is 11.5 cm³/mol. The predicted octanol–water partition coefficient (Wildman–Crippen LogP) is -0.767. The molecule has 0 spiro atoms. The van der Waals surface area contributed by atoms with E-state index in [0.717, 1.165) is 0 Å². The quantitative estimate of drug-likeness (QED) is 0.459. The van der Waals surface area contributed by atoms with Gasteiger partial charge in [-0.05, 0) is 0 Å². The Labute approximate surface area is 51.4 Å². The van der Waals surface area contributed by atoms with Crippen molar-refractivity contribution in [2.75, 3.05) is 0 Å². The summed E-state index contributed by atoms with van der Waals surface area (Å²) in [6.07, 6.45) is 0. The zero-order valence-electron chi connectivity index (χ0n) is 2.06. The van der Waals surface area contributed by atoms with E-state index in [1.54, 1.807) is 0 Å². The molecule has 0 aromatic carbocycles. The molecule has 0 rings (SSSR count). The van der Waals surface area contributed by atoms with Crippen molar-refractivity contribution in [3.05, 3.63) is 0 Å². The zero-order valence-corrected chi connectivity index (χ0v) is 6.53. The van der Waals surface area contributed by atoms with Gasteiger partial charge in [0, 0.05) is 21.1 Å². The molecule has 0 bridgehead atoms. The molecule has 0 aromatic rings. The monoisotopic (exact) mass is 210 g/mol. The molecule has 0 atom stereocenters. The van der Waals surface area contributed by atoms with Crippen LogP contribution in [-0.4, -0.2) is 9.45 Å². The van der Waals surface area contributed by atoms with E-state index in [-0.39, 0.29) is 21.1 Å². The van der Waals surface area contributed by atoms with Gasteiger partial charge in [-0.3, -0.25) is 0 Å². The molecule has 0 saturated carbocycles. The van der Waals surface area contributed by atoms with E-state index in [1.165, 1.54) is 0 Å². The van der Waals surface area contributed by atoms with Crippen molar-refractivity contribution < 1.29 is 42.4 Å². The van der Waals surface area contributed by atoms with Gasteiger partial charge >= 0.3 is 30.8 Å². The van der Waals surface area contributed by atoms with Crippen LogP contribution in [0.15, 0.2) is 0 Å². The summed E-state index contributed by atoms with van der Waals surface area (Å²) in [5.74, 6) is 0. The minimum Gasteiger partial charge on any atom is 0 e. The Morgan fingerprint density at radius 3 is 1.25 bits per heavy atom. The van der Waals surface area contributed by atoms with E-state index < -0.39 is 21.3 Å². The molecule has 0 aliphatic rings. The SMILES string of the molecule is [B]#[Zr]#[B].[Mo]. The standard InChI is InChI=1S/2B.Mo.Zr. The smallest absolute Gasteiger partial charge is 0 e. The Hall–Kier alpha value is 1.70. The van der Waals surface area contributed by atoms with Crippen LogP contribution in [-0.2, 0) is 42.4 Å². The Kier molecular flexibility index (Phi) is 20.3. The van der Waals surface area contributed by atoms with Gasteiger partial charge in [0.2, 0.25) is 0 Å². The normalized spacial score (nSPS) is 6.00. The summed E-state index contributed by atoms with van der Waals surface area (Å²) >= 11 is -0.770. The van der Waals surface area contributed by atoms with Gasteiger partial charge in [-0.25, -0.2) is 0 Å². The molecular weight excluding hydrogens is 209 g/mol. The van der Waals surface area contributed by atoms with Crippen LogP contribution < -0.4 is 0 Å². The van der Waals surface area contributed by atoms with Crippen molar-refractivity contribution in [1.29, 1.82) is 0 Å². The molecule has 0 radical (unpaired) electrons. The molecule has 0 nitrogen and oxygen atoms in total. The fourth-order valence-corrected chi connectivity index (χ4v) is 0. The summed E-state index contributed by atoms with van der Waals surface area (Å²) in [6, 6.07) is 0. The second-order valence-corrected chi connectivity index (χ2v) is 0.986. The summed E-state index contributed by atoms with van der Waals surface area (Å²) in [5.41, 5.74) is 0. The molecule has 0 amide bonds. The van der Waals surface area contributed by atoms with Gasteiger partial charge in [0.05, 0.1) is 0 Å². The van der Waals surface area contributed by atoms with E-state index in [2.05, 4.69) is 0 Å². The Morgan fingerprint density at radius 1 is 1.25 bits per heavy atom. The molecule has 0 N–H and O–H groups in total. The second kappa shape index (κ2) is 8.83. The second-order valence-electron chi connectivity index (χ2n) is 0.167. The van der Waals surface area contributed by atoms with Crippen LogP contribution in [0.5, 0.6) is 0 Å². The van der Waals surface area contributed by atoms with Crippen LogP contribution >= 0.6 is 0 Å². The van der Waals surface area contributed by atoms with Gasteiger partial charge < -0.3 is 0 Å². The molecule has 0 aliphatic heterocycles. The van der Waals surface area contributed by atoms with Crippen LogP contribution in [0.2, 0.25) is 0 Å². The molecule has 0 fully saturated rings. The van der Waals surface area contributed by atoms with Crippen LogP contribution in [0.25, 0.3) is 0 Å². The summed E-state index contributed by atoms with van der Waals surface area (Å²) in [4.78, 5) is 0. The Morgan fingerprint density at radius 2 is 1.25 bits per heavy atom. The molecule has 16 valence electrons. The van der Waals surface area contributed by atoms with Crippen molar-refractivity contribution in [3.63, 3.8) is 0 Å². The minimum atomic E-state index is -0.770. The third-order valence-electron chi connectivity index (χ3n) is 0. The summed E-state index contributed by atoms with van der Waals surface area (Å²) in [6.45, 7) is 0. The van der Waals surface area contributed by atoms with Crippen LogP contribution in [0.3, 0.4) is 0 Å². The average Bonchev–Trinajstić information content (AvgIpc) is 0.918. The fraction of sp³-hybridized carbons (Fsp3) is 0. The van der Waals surface area contributed by atoms with Crippen LogP contribution in [0.1, 0.15) is 0 Å². The molecule has 0 aliphatic carbocycles. The summed E-state index contributed by atoms with van der Waals surface area (Å²) in [5, 5.41) is 0. The van der Waals surface area contributed by atoms with Gasteiger partial charge in [-0.2, -0.15) is 0 Å². The van der Waals surface area contributed by atoms with Crippen LogP contribution in [0, 0.1) is 0 Å². The molecule has 0 saturated heterocycles. The first-order chi connectivity index (χ1) is 1.41. The summed E-state index contributed by atoms with van der Waals surface area (Å²) < 4.78 is 9.59. The maximum atomic E-state index is 4.80.